The van der Waals surface area contributed by atoms with Crippen molar-refractivity contribution in [3.63, 3.8) is 0 Å². The van der Waals surface area contributed by atoms with Crippen molar-refractivity contribution in [1.29, 1.82) is 0 Å². The number of amides is 1. The molecule has 1 saturated heterocycles. The van der Waals surface area contributed by atoms with Crippen molar-refractivity contribution in [3.8, 4) is 0 Å². The summed E-state index contributed by atoms with van der Waals surface area (Å²) in [7, 11) is 0. The molecule has 1 aromatic carbocycles. The Morgan fingerprint density at radius 1 is 1.30 bits per heavy atom. The Labute approximate surface area is 123 Å². The van der Waals surface area contributed by atoms with Gasteiger partial charge in [0.15, 0.2) is 0 Å². The first-order chi connectivity index (χ1) is 9.60. The Morgan fingerprint density at radius 3 is 2.60 bits per heavy atom. The van der Waals surface area contributed by atoms with E-state index in [1.807, 2.05) is 11.8 Å². The summed E-state index contributed by atoms with van der Waals surface area (Å²) in [5.74, 6) is 1.63. The molecule has 1 aromatic rings. The summed E-state index contributed by atoms with van der Waals surface area (Å²) in [6.45, 7) is 8.32. The van der Waals surface area contributed by atoms with E-state index in [2.05, 4.69) is 38.1 Å². The fourth-order valence-electron chi connectivity index (χ4n) is 3.13. The molecule has 2 rings (SSSR count). The normalized spacial score (nSPS) is 16.7. The second-order valence-electron chi connectivity index (χ2n) is 6.35. The average Bonchev–Trinajstić information content (AvgIpc) is 2.46. The first kappa shape index (κ1) is 15.1. The van der Waals surface area contributed by atoms with Crippen molar-refractivity contribution < 1.29 is 4.79 Å². The van der Waals surface area contributed by atoms with Crippen molar-refractivity contribution in [1.82, 2.24) is 4.90 Å². The van der Waals surface area contributed by atoms with E-state index in [9.17, 15) is 4.79 Å². The van der Waals surface area contributed by atoms with E-state index in [4.69, 9.17) is 0 Å². The molecular formula is C18H27NO. The molecule has 0 unspecified atom stereocenters. The zero-order chi connectivity index (χ0) is 14.5. The molecule has 1 heterocycles. The molecule has 110 valence electrons. The summed E-state index contributed by atoms with van der Waals surface area (Å²) in [5.41, 5.74) is 2.91. The highest BCUT2D eigenvalue weighted by molar-refractivity contribution is 5.75. The van der Waals surface area contributed by atoms with Gasteiger partial charge in [0.2, 0.25) is 5.91 Å². The van der Waals surface area contributed by atoms with Crippen LogP contribution in [0.4, 0.5) is 0 Å². The van der Waals surface area contributed by atoms with Crippen LogP contribution in [0.2, 0.25) is 0 Å². The fourth-order valence-corrected chi connectivity index (χ4v) is 3.13. The van der Waals surface area contributed by atoms with E-state index < -0.39 is 0 Å². The number of benzene rings is 1. The van der Waals surface area contributed by atoms with Crippen LogP contribution in [0.15, 0.2) is 24.3 Å². The van der Waals surface area contributed by atoms with E-state index in [0.717, 1.165) is 32.4 Å². The third-order valence-electron chi connectivity index (χ3n) is 4.22. The molecule has 0 atom stereocenters. The van der Waals surface area contributed by atoms with Crippen LogP contribution >= 0.6 is 0 Å². The van der Waals surface area contributed by atoms with Gasteiger partial charge in [-0.15, -0.1) is 0 Å². The summed E-state index contributed by atoms with van der Waals surface area (Å²) in [5, 5.41) is 0. The van der Waals surface area contributed by atoms with Crippen LogP contribution in [0.25, 0.3) is 0 Å². The summed E-state index contributed by atoms with van der Waals surface area (Å²) >= 11 is 0. The molecule has 0 aromatic heterocycles. The van der Waals surface area contributed by atoms with E-state index in [-0.39, 0.29) is 0 Å². The van der Waals surface area contributed by atoms with Crippen LogP contribution in [-0.4, -0.2) is 23.9 Å². The Kier molecular flexibility index (Phi) is 5.22. The van der Waals surface area contributed by atoms with E-state index in [0.29, 0.717) is 24.2 Å². The highest BCUT2D eigenvalue weighted by Gasteiger charge is 2.22. The van der Waals surface area contributed by atoms with Crippen LogP contribution in [-0.2, 0) is 11.2 Å². The Hall–Kier alpha value is -1.31. The molecule has 1 aliphatic rings. The van der Waals surface area contributed by atoms with E-state index in [1.54, 1.807) is 0 Å². The molecule has 1 fully saturated rings. The third-order valence-corrected chi connectivity index (χ3v) is 4.22. The summed E-state index contributed by atoms with van der Waals surface area (Å²) in [4.78, 5) is 13.7. The first-order valence-corrected chi connectivity index (χ1v) is 7.96. The maximum absolute atomic E-state index is 11.7. The molecule has 0 saturated carbocycles. The molecule has 20 heavy (non-hydrogen) atoms. The highest BCUT2D eigenvalue weighted by atomic mass is 16.2. The predicted molar refractivity (Wildman–Crippen MR) is 83.8 cm³/mol. The zero-order valence-corrected chi connectivity index (χ0v) is 13.1. The molecule has 0 radical (unpaired) electrons. The number of nitrogens with zero attached hydrogens (tertiary/aromatic N) is 1. The average molecular weight is 273 g/mol. The minimum Gasteiger partial charge on any atom is -0.343 e. The van der Waals surface area contributed by atoms with Gasteiger partial charge in [-0.3, -0.25) is 4.79 Å². The van der Waals surface area contributed by atoms with E-state index >= 15 is 0 Å². The van der Waals surface area contributed by atoms with Crippen LogP contribution < -0.4 is 0 Å². The largest absolute Gasteiger partial charge is 0.343 e. The second kappa shape index (κ2) is 6.92. The zero-order valence-electron chi connectivity index (χ0n) is 13.1. The van der Waals surface area contributed by atoms with Gasteiger partial charge in [0.25, 0.3) is 0 Å². The Bertz CT molecular complexity index is 444. The van der Waals surface area contributed by atoms with Crippen LogP contribution in [0.5, 0.6) is 0 Å². The van der Waals surface area contributed by atoms with Gasteiger partial charge in [0, 0.05) is 19.5 Å². The number of rotatable bonds is 4. The van der Waals surface area contributed by atoms with Gasteiger partial charge in [-0.25, -0.2) is 0 Å². The number of hydrogen-bond donors (Lipinski definition) is 0. The maximum Gasteiger partial charge on any atom is 0.222 e. The summed E-state index contributed by atoms with van der Waals surface area (Å²) in [6.07, 6.45) is 4.00. The van der Waals surface area contributed by atoms with Gasteiger partial charge in [-0.2, -0.15) is 0 Å². The topological polar surface area (TPSA) is 20.3 Å². The van der Waals surface area contributed by atoms with Gasteiger partial charge >= 0.3 is 0 Å². The molecule has 2 nitrogen and oxygen atoms in total. The molecule has 1 amide bonds. The van der Waals surface area contributed by atoms with Crippen LogP contribution in [0, 0.1) is 5.92 Å². The first-order valence-electron chi connectivity index (χ1n) is 7.96. The number of carbonyl (C=O) groups excluding carboxylic acids is 1. The summed E-state index contributed by atoms with van der Waals surface area (Å²) in [6, 6.07) is 9.06. The smallest absolute Gasteiger partial charge is 0.222 e. The van der Waals surface area contributed by atoms with Crippen molar-refractivity contribution >= 4 is 5.91 Å². The van der Waals surface area contributed by atoms with E-state index in [1.165, 1.54) is 11.1 Å². The van der Waals surface area contributed by atoms with Gasteiger partial charge < -0.3 is 4.90 Å². The standard InChI is InChI=1S/C18H27NO/c1-4-18(20)19-10-8-16(9-11-19)17-7-5-6-15(13-17)12-14(2)3/h5-7,13-14,16H,4,8-12H2,1-3H3. The van der Waals surface area contributed by atoms with Gasteiger partial charge in [0.05, 0.1) is 0 Å². The Balaban J connectivity index is 1.98. The van der Waals surface area contributed by atoms with Gasteiger partial charge in [-0.05, 0) is 42.2 Å². The lowest BCUT2D eigenvalue weighted by Crippen LogP contribution is -2.37. The lowest BCUT2D eigenvalue weighted by atomic mass is 9.87. The van der Waals surface area contributed by atoms with Gasteiger partial charge in [-0.1, -0.05) is 45.0 Å². The molecular weight excluding hydrogens is 246 g/mol. The lowest BCUT2D eigenvalue weighted by molar-refractivity contribution is -0.131. The molecule has 2 heteroatoms. The molecule has 0 bridgehead atoms. The number of likely N-dealkylation sites (tertiary alicyclic amines) is 1. The van der Waals surface area contributed by atoms with Crippen molar-refractivity contribution in [2.45, 2.75) is 52.4 Å². The van der Waals surface area contributed by atoms with Crippen molar-refractivity contribution in [2.24, 2.45) is 5.92 Å². The number of piperidine rings is 1. The molecule has 1 aliphatic heterocycles. The number of hydrogen-bond acceptors (Lipinski definition) is 1. The third kappa shape index (κ3) is 3.84. The van der Waals surface area contributed by atoms with Gasteiger partial charge in [0.1, 0.15) is 0 Å². The predicted octanol–water partition coefficient (Wildman–Crippen LogP) is 4.00. The lowest BCUT2D eigenvalue weighted by Gasteiger charge is -2.32. The second-order valence-corrected chi connectivity index (χ2v) is 6.35. The Morgan fingerprint density at radius 2 is 2.00 bits per heavy atom. The maximum atomic E-state index is 11.7. The van der Waals surface area contributed by atoms with Crippen molar-refractivity contribution in [3.05, 3.63) is 35.4 Å². The van der Waals surface area contributed by atoms with Crippen LogP contribution in [0.3, 0.4) is 0 Å². The van der Waals surface area contributed by atoms with Crippen LogP contribution in [0.1, 0.15) is 57.1 Å². The fraction of sp³-hybridized carbons (Fsp3) is 0.611. The monoisotopic (exact) mass is 273 g/mol. The SMILES string of the molecule is CCC(=O)N1CCC(c2cccc(CC(C)C)c2)CC1. The number of carbonyl (C=O) groups is 1. The van der Waals surface area contributed by atoms with Crippen molar-refractivity contribution in [2.75, 3.05) is 13.1 Å². The summed E-state index contributed by atoms with van der Waals surface area (Å²) < 4.78 is 0. The minimum atomic E-state index is 0.303. The quantitative estimate of drug-likeness (QED) is 0.812. The molecule has 0 N–H and O–H groups in total. The highest BCUT2D eigenvalue weighted by Crippen LogP contribution is 2.29. The molecule has 0 aliphatic carbocycles. The minimum absolute atomic E-state index is 0.303. The molecule has 0 spiro atoms.